The Morgan fingerprint density at radius 1 is 0.898 bits per heavy atom. The van der Waals surface area contributed by atoms with Crippen LogP contribution in [0.15, 0.2) is 84.9 Å². The lowest BCUT2D eigenvalue weighted by Gasteiger charge is -2.37. The number of carbonyl (C=O) groups excluding carboxylic acids is 3. The van der Waals surface area contributed by atoms with Gasteiger partial charge in [-0.3, -0.25) is 14.4 Å². The van der Waals surface area contributed by atoms with E-state index in [2.05, 4.69) is 5.32 Å². The summed E-state index contributed by atoms with van der Waals surface area (Å²) in [6.45, 7) is 3.47. The lowest BCUT2D eigenvalue weighted by atomic mass is 9.75. The van der Waals surface area contributed by atoms with Crippen LogP contribution in [0.1, 0.15) is 50.7 Å². The molecule has 262 valence electrons. The van der Waals surface area contributed by atoms with Crippen LogP contribution in [-0.4, -0.2) is 77.5 Å². The minimum absolute atomic E-state index is 0.112. The normalized spacial score (nSPS) is 15.3. The van der Waals surface area contributed by atoms with Crippen LogP contribution in [0.2, 0.25) is 0 Å². The Morgan fingerprint density at radius 2 is 1.51 bits per heavy atom. The van der Waals surface area contributed by atoms with E-state index in [1.165, 1.54) is 29.0 Å². The number of benzene rings is 3. The number of nitrogens with zero attached hydrogens (tertiary/aromatic N) is 2. The Kier molecular flexibility index (Phi) is 12.5. The maximum Gasteiger partial charge on any atom is 0.246 e. The van der Waals surface area contributed by atoms with Crippen LogP contribution in [0.25, 0.3) is 11.1 Å². The van der Waals surface area contributed by atoms with E-state index in [0.29, 0.717) is 12.0 Å². The molecule has 0 spiro atoms. The number of carbonyl (C=O) groups is 3. The molecule has 3 amide bonds. The van der Waals surface area contributed by atoms with Crippen molar-refractivity contribution in [1.29, 1.82) is 0 Å². The van der Waals surface area contributed by atoms with Crippen molar-refractivity contribution in [3.8, 4) is 11.1 Å². The summed E-state index contributed by atoms with van der Waals surface area (Å²) >= 11 is 0. The van der Waals surface area contributed by atoms with Gasteiger partial charge >= 0.3 is 0 Å². The number of likely N-dealkylation sites (N-methyl/N-ethyl adjacent to an activating group) is 2. The summed E-state index contributed by atoms with van der Waals surface area (Å²) in [5.74, 6) is -3.52. The lowest BCUT2D eigenvalue weighted by Crippen LogP contribution is -2.56. The van der Waals surface area contributed by atoms with Gasteiger partial charge in [0.2, 0.25) is 17.7 Å². The van der Waals surface area contributed by atoms with Crippen LogP contribution in [0.5, 0.6) is 0 Å². The van der Waals surface area contributed by atoms with Crippen molar-refractivity contribution in [3.63, 3.8) is 0 Å². The molecule has 0 bridgehead atoms. The number of rotatable bonds is 15. The smallest absolute Gasteiger partial charge is 0.246 e. The molecule has 8 nitrogen and oxygen atoms in total. The van der Waals surface area contributed by atoms with E-state index in [9.17, 15) is 28.3 Å². The van der Waals surface area contributed by atoms with Crippen LogP contribution in [0.4, 0.5) is 8.78 Å². The van der Waals surface area contributed by atoms with Crippen LogP contribution in [0, 0.1) is 17.0 Å². The largest absolute Gasteiger partial charge is 0.396 e. The zero-order chi connectivity index (χ0) is 35.8. The maximum absolute atomic E-state index is 14.4. The lowest BCUT2D eigenvalue weighted by molar-refractivity contribution is -0.146. The summed E-state index contributed by atoms with van der Waals surface area (Å²) in [6.07, 6.45) is 6.62. The molecular formula is C39H48F2N4O4. The van der Waals surface area contributed by atoms with Gasteiger partial charge in [0.25, 0.3) is 0 Å². The number of aliphatic hydroxyl groups excluding tert-OH is 1. The molecule has 0 saturated heterocycles. The first-order valence-corrected chi connectivity index (χ1v) is 16.7. The van der Waals surface area contributed by atoms with Crippen molar-refractivity contribution in [3.05, 3.63) is 108 Å². The summed E-state index contributed by atoms with van der Waals surface area (Å²) in [4.78, 5) is 44.2. The van der Waals surface area contributed by atoms with Crippen molar-refractivity contribution in [2.24, 2.45) is 11.1 Å². The van der Waals surface area contributed by atoms with Gasteiger partial charge in [0.15, 0.2) is 11.6 Å². The van der Waals surface area contributed by atoms with Gasteiger partial charge in [0.05, 0.1) is 0 Å². The van der Waals surface area contributed by atoms with Crippen molar-refractivity contribution >= 4 is 17.7 Å². The average molecular weight is 675 g/mol. The number of nitrogens with two attached hydrogens (primary N) is 1. The van der Waals surface area contributed by atoms with Crippen LogP contribution in [0.3, 0.4) is 0 Å². The average Bonchev–Trinajstić information content (AvgIpc) is 3.09. The monoisotopic (exact) mass is 674 g/mol. The van der Waals surface area contributed by atoms with E-state index in [4.69, 9.17) is 5.73 Å². The van der Waals surface area contributed by atoms with Gasteiger partial charge in [-0.1, -0.05) is 80.6 Å². The molecule has 49 heavy (non-hydrogen) atoms. The van der Waals surface area contributed by atoms with Crippen LogP contribution < -0.4 is 11.1 Å². The van der Waals surface area contributed by atoms with Gasteiger partial charge in [0, 0.05) is 51.0 Å². The molecule has 0 unspecified atom stereocenters. The molecule has 0 heterocycles. The second-order valence-electron chi connectivity index (χ2n) is 14.0. The van der Waals surface area contributed by atoms with E-state index in [1.54, 1.807) is 27.0 Å². The Bertz CT molecular complexity index is 1620. The number of aliphatic hydroxyl groups is 1. The van der Waals surface area contributed by atoms with Gasteiger partial charge < -0.3 is 26.0 Å². The molecular weight excluding hydrogens is 626 g/mol. The van der Waals surface area contributed by atoms with Crippen LogP contribution >= 0.6 is 0 Å². The predicted octanol–water partition coefficient (Wildman–Crippen LogP) is 5.03. The summed E-state index contributed by atoms with van der Waals surface area (Å²) < 4.78 is 28.0. The second kappa shape index (κ2) is 16.3. The third-order valence-electron chi connectivity index (χ3n) is 9.42. The van der Waals surface area contributed by atoms with Gasteiger partial charge in [-0.15, -0.1) is 0 Å². The van der Waals surface area contributed by atoms with E-state index in [1.807, 2.05) is 54.6 Å². The summed E-state index contributed by atoms with van der Waals surface area (Å²) in [6, 6.07) is 18.8. The highest BCUT2D eigenvalue weighted by Crippen LogP contribution is 2.32. The molecule has 2 atom stereocenters. The molecule has 4 N–H and O–H groups in total. The predicted molar refractivity (Wildman–Crippen MR) is 187 cm³/mol. The molecule has 0 radical (unpaired) electrons. The first kappa shape index (κ1) is 37.4. The Hall–Kier alpha value is -4.41. The Balaban J connectivity index is 1.63. The summed E-state index contributed by atoms with van der Waals surface area (Å²) in [7, 11) is 3.02. The standard InChI is InChI=1S/C39H48F2N4O4/c1-38(2,26-46)25-43-36(48)33(24-28-15-18-31(40)32(41)22-28)45(4)37(49)34(44(3)35(47)12-8-19-39(42)20-9-21-39)23-27-13-16-30(17-14-27)29-10-6-5-7-11-29/h5-8,10-18,22,33-34,46H,9,19-21,23-26,42H2,1-4H3,(H,43,48)/t33-,34-/m1/s1. The number of halogens is 2. The zero-order valence-electron chi connectivity index (χ0n) is 28.8. The number of hydrogen-bond donors (Lipinski definition) is 3. The second-order valence-corrected chi connectivity index (χ2v) is 14.0. The van der Waals surface area contributed by atoms with E-state index >= 15 is 0 Å². The topological polar surface area (TPSA) is 116 Å². The molecule has 0 aliphatic heterocycles. The third kappa shape index (κ3) is 10.1. The number of hydrogen-bond acceptors (Lipinski definition) is 5. The molecule has 4 rings (SSSR count). The van der Waals surface area contributed by atoms with Gasteiger partial charge in [-0.2, -0.15) is 0 Å². The molecule has 1 aliphatic rings. The van der Waals surface area contributed by atoms with Crippen molar-refractivity contribution in [2.75, 3.05) is 27.2 Å². The first-order chi connectivity index (χ1) is 23.2. The Labute approximate surface area is 288 Å². The highest BCUT2D eigenvalue weighted by atomic mass is 19.2. The highest BCUT2D eigenvalue weighted by Gasteiger charge is 2.36. The van der Waals surface area contributed by atoms with Crippen molar-refractivity contribution < 1.29 is 28.3 Å². The fourth-order valence-corrected chi connectivity index (χ4v) is 5.76. The first-order valence-electron chi connectivity index (χ1n) is 16.7. The SMILES string of the molecule is CN(C(=O)C=CCC1(N)CCC1)[C@H](Cc1ccc(-c2ccccc2)cc1)C(=O)N(C)[C@H](Cc1ccc(F)c(F)c1)C(=O)NCC(C)(C)CO. The minimum atomic E-state index is -1.13. The van der Waals surface area contributed by atoms with Gasteiger partial charge in [0.1, 0.15) is 12.1 Å². The van der Waals surface area contributed by atoms with E-state index < -0.39 is 40.9 Å². The fourth-order valence-electron chi connectivity index (χ4n) is 5.76. The molecule has 10 heteroatoms. The third-order valence-corrected chi connectivity index (χ3v) is 9.42. The van der Waals surface area contributed by atoms with Gasteiger partial charge in [-0.05, 0) is 66.1 Å². The minimum Gasteiger partial charge on any atom is -0.396 e. The molecule has 1 fully saturated rings. The fraction of sp³-hybridized carbons (Fsp3) is 0.410. The van der Waals surface area contributed by atoms with E-state index in [-0.39, 0.29) is 37.4 Å². The quantitative estimate of drug-likeness (QED) is 0.196. The maximum atomic E-state index is 14.4. The highest BCUT2D eigenvalue weighted by molar-refractivity contribution is 5.95. The molecule has 3 aromatic rings. The zero-order valence-corrected chi connectivity index (χ0v) is 28.8. The number of nitrogens with one attached hydrogen (secondary N) is 1. The van der Waals surface area contributed by atoms with Crippen molar-refractivity contribution in [1.82, 2.24) is 15.1 Å². The van der Waals surface area contributed by atoms with E-state index in [0.717, 1.165) is 48.1 Å². The molecule has 3 aromatic carbocycles. The van der Waals surface area contributed by atoms with Gasteiger partial charge in [-0.25, -0.2) is 8.78 Å². The summed E-state index contributed by atoms with van der Waals surface area (Å²) in [5.41, 5.74) is 8.54. The molecule has 0 aromatic heterocycles. The van der Waals surface area contributed by atoms with Crippen molar-refractivity contribution in [2.45, 2.75) is 70.0 Å². The molecule has 1 saturated carbocycles. The van der Waals surface area contributed by atoms with Crippen LogP contribution in [-0.2, 0) is 27.2 Å². The molecule has 1 aliphatic carbocycles. The Morgan fingerprint density at radius 3 is 2.10 bits per heavy atom. The summed E-state index contributed by atoms with van der Waals surface area (Å²) in [5, 5.41) is 12.5. The number of amides is 3.